The maximum atomic E-state index is 8.98. The van der Waals surface area contributed by atoms with Crippen LogP contribution in [0.1, 0.15) is 20.3 Å². The molecule has 0 aromatic carbocycles. The van der Waals surface area contributed by atoms with Crippen molar-refractivity contribution >= 4 is 11.6 Å². The zero-order chi connectivity index (χ0) is 12.0. The van der Waals surface area contributed by atoms with E-state index in [0.717, 1.165) is 11.6 Å². The molecule has 1 aromatic rings. The summed E-state index contributed by atoms with van der Waals surface area (Å²) in [6.07, 6.45) is 4.07. The Kier molecular flexibility index (Phi) is 4.98. The first-order chi connectivity index (χ1) is 7.67. The van der Waals surface area contributed by atoms with Crippen LogP contribution in [0.25, 0.3) is 0 Å². The van der Waals surface area contributed by atoms with Crippen molar-refractivity contribution in [2.24, 2.45) is 5.92 Å². The average molecular weight is 224 g/mol. The largest absolute Gasteiger partial charge is 0.396 e. The zero-order valence-electron chi connectivity index (χ0n) is 10.1. The molecule has 0 aliphatic heterocycles. The first kappa shape index (κ1) is 12.7. The number of aliphatic hydroxyl groups excluding tert-OH is 1. The van der Waals surface area contributed by atoms with E-state index >= 15 is 0 Å². The second kappa shape index (κ2) is 6.27. The standard InChI is InChI=1S/C11H20N4O/c1-8(2)9(4-5-16)14-11-7-13-6-10(12-3)15-11/h6-9,16H,4-5H2,1-3H3,(H2,12,14,15). The van der Waals surface area contributed by atoms with E-state index in [2.05, 4.69) is 34.4 Å². The van der Waals surface area contributed by atoms with Crippen molar-refractivity contribution in [3.63, 3.8) is 0 Å². The average Bonchev–Trinajstić information content (AvgIpc) is 2.28. The number of anilines is 2. The molecule has 16 heavy (non-hydrogen) atoms. The van der Waals surface area contributed by atoms with Gasteiger partial charge in [0, 0.05) is 19.7 Å². The van der Waals surface area contributed by atoms with E-state index in [9.17, 15) is 0 Å². The summed E-state index contributed by atoms with van der Waals surface area (Å²) in [6.45, 7) is 4.40. The number of nitrogens with one attached hydrogen (secondary N) is 2. The molecular formula is C11H20N4O. The second-order valence-electron chi connectivity index (χ2n) is 4.05. The predicted molar refractivity (Wildman–Crippen MR) is 65.5 cm³/mol. The van der Waals surface area contributed by atoms with Crippen molar-refractivity contribution in [1.82, 2.24) is 9.97 Å². The third-order valence-electron chi connectivity index (χ3n) is 2.47. The van der Waals surface area contributed by atoms with Crippen LogP contribution in [0, 0.1) is 5.92 Å². The van der Waals surface area contributed by atoms with Gasteiger partial charge in [0.25, 0.3) is 0 Å². The van der Waals surface area contributed by atoms with E-state index in [1.807, 2.05) is 0 Å². The normalized spacial score (nSPS) is 12.6. The highest BCUT2D eigenvalue weighted by Crippen LogP contribution is 2.13. The molecule has 1 atom stereocenters. The Bertz CT molecular complexity index is 317. The molecule has 0 fully saturated rings. The van der Waals surface area contributed by atoms with Gasteiger partial charge in [0.2, 0.25) is 0 Å². The summed E-state index contributed by atoms with van der Waals surface area (Å²) >= 11 is 0. The van der Waals surface area contributed by atoms with Gasteiger partial charge in [-0.25, -0.2) is 4.98 Å². The quantitative estimate of drug-likeness (QED) is 0.680. The van der Waals surface area contributed by atoms with Crippen LogP contribution in [-0.2, 0) is 0 Å². The fraction of sp³-hybridized carbons (Fsp3) is 0.636. The second-order valence-corrected chi connectivity index (χ2v) is 4.05. The summed E-state index contributed by atoms with van der Waals surface area (Å²) in [7, 11) is 1.81. The summed E-state index contributed by atoms with van der Waals surface area (Å²) in [5, 5.41) is 15.2. The number of hydrogen-bond acceptors (Lipinski definition) is 5. The van der Waals surface area contributed by atoms with Gasteiger partial charge in [0.15, 0.2) is 0 Å². The Balaban J connectivity index is 2.68. The molecule has 0 spiro atoms. The lowest BCUT2D eigenvalue weighted by Crippen LogP contribution is -2.27. The van der Waals surface area contributed by atoms with Crippen molar-refractivity contribution < 1.29 is 5.11 Å². The van der Waals surface area contributed by atoms with Gasteiger partial charge in [0.05, 0.1) is 12.4 Å². The summed E-state index contributed by atoms with van der Waals surface area (Å²) in [6, 6.07) is 0.214. The lowest BCUT2D eigenvalue weighted by atomic mass is 10.0. The van der Waals surface area contributed by atoms with E-state index < -0.39 is 0 Å². The van der Waals surface area contributed by atoms with Crippen LogP contribution in [0.3, 0.4) is 0 Å². The molecule has 0 aliphatic carbocycles. The first-order valence-corrected chi connectivity index (χ1v) is 5.54. The fourth-order valence-electron chi connectivity index (χ4n) is 1.46. The molecule has 1 rings (SSSR count). The highest BCUT2D eigenvalue weighted by Gasteiger charge is 2.13. The maximum Gasteiger partial charge on any atom is 0.147 e. The SMILES string of the molecule is CNc1cncc(NC(CCO)C(C)C)n1. The van der Waals surface area contributed by atoms with E-state index in [1.54, 1.807) is 19.4 Å². The van der Waals surface area contributed by atoms with Gasteiger partial charge in [0.1, 0.15) is 11.6 Å². The van der Waals surface area contributed by atoms with Gasteiger partial charge >= 0.3 is 0 Å². The highest BCUT2D eigenvalue weighted by atomic mass is 16.3. The van der Waals surface area contributed by atoms with Crippen LogP contribution >= 0.6 is 0 Å². The Morgan fingerprint density at radius 2 is 2.00 bits per heavy atom. The minimum absolute atomic E-state index is 0.176. The fourth-order valence-corrected chi connectivity index (χ4v) is 1.46. The number of rotatable bonds is 6. The molecule has 90 valence electrons. The van der Waals surface area contributed by atoms with Crippen LogP contribution in [-0.4, -0.2) is 34.8 Å². The van der Waals surface area contributed by atoms with Gasteiger partial charge < -0.3 is 15.7 Å². The molecule has 0 saturated heterocycles. The zero-order valence-corrected chi connectivity index (χ0v) is 10.1. The number of nitrogens with zero attached hydrogens (tertiary/aromatic N) is 2. The van der Waals surface area contributed by atoms with Crippen LogP contribution in [0.2, 0.25) is 0 Å². The Labute approximate surface area is 96.3 Å². The molecule has 0 radical (unpaired) electrons. The Morgan fingerprint density at radius 3 is 2.56 bits per heavy atom. The van der Waals surface area contributed by atoms with Crippen LogP contribution < -0.4 is 10.6 Å². The minimum Gasteiger partial charge on any atom is -0.396 e. The molecule has 0 aliphatic rings. The van der Waals surface area contributed by atoms with Gasteiger partial charge in [-0.3, -0.25) is 4.98 Å². The summed E-state index contributed by atoms with van der Waals surface area (Å²) < 4.78 is 0. The monoisotopic (exact) mass is 224 g/mol. The molecule has 0 bridgehead atoms. The van der Waals surface area contributed by atoms with E-state index in [1.165, 1.54) is 0 Å². The summed E-state index contributed by atoms with van der Waals surface area (Å²) in [4.78, 5) is 8.41. The van der Waals surface area contributed by atoms with Crippen LogP contribution in [0.5, 0.6) is 0 Å². The van der Waals surface area contributed by atoms with Gasteiger partial charge in [-0.15, -0.1) is 0 Å². The minimum atomic E-state index is 0.176. The lowest BCUT2D eigenvalue weighted by molar-refractivity contribution is 0.267. The topological polar surface area (TPSA) is 70.1 Å². The molecule has 3 N–H and O–H groups in total. The van der Waals surface area contributed by atoms with Gasteiger partial charge in [-0.2, -0.15) is 0 Å². The third-order valence-corrected chi connectivity index (χ3v) is 2.47. The Morgan fingerprint density at radius 1 is 1.31 bits per heavy atom. The first-order valence-electron chi connectivity index (χ1n) is 5.54. The smallest absolute Gasteiger partial charge is 0.147 e. The molecular weight excluding hydrogens is 204 g/mol. The van der Waals surface area contributed by atoms with Crippen LogP contribution in [0.15, 0.2) is 12.4 Å². The van der Waals surface area contributed by atoms with E-state index in [-0.39, 0.29) is 12.6 Å². The van der Waals surface area contributed by atoms with Crippen molar-refractivity contribution in [1.29, 1.82) is 0 Å². The maximum absolute atomic E-state index is 8.98. The molecule has 0 saturated carbocycles. The molecule has 5 nitrogen and oxygen atoms in total. The van der Waals surface area contributed by atoms with E-state index in [0.29, 0.717) is 12.3 Å². The molecule has 1 heterocycles. The lowest BCUT2D eigenvalue weighted by Gasteiger charge is -2.22. The number of aromatic nitrogens is 2. The van der Waals surface area contributed by atoms with Crippen molar-refractivity contribution in [3.05, 3.63) is 12.4 Å². The van der Waals surface area contributed by atoms with Gasteiger partial charge in [-0.1, -0.05) is 13.8 Å². The van der Waals surface area contributed by atoms with Crippen molar-refractivity contribution in [2.75, 3.05) is 24.3 Å². The molecule has 1 aromatic heterocycles. The Hall–Kier alpha value is -1.36. The number of aliphatic hydroxyl groups is 1. The highest BCUT2D eigenvalue weighted by molar-refractivity contribution is 5.41. The van der Waals surface area contributed by atoms with Crippen LogP contribution in [0.4, 0.5) is 11.6 Å². The third kappa shape index (κ3) is 3.66. The number of hydrogen-bond donors (Lipinski definition) is 3. The van der Waals surface area contributed by atoms with Crippen molar-refractivity contribution in [2.45, 2.75) is 26.3 Å². The molecule has 5 heteroatoms. The molecule has 0 amide bonds. The van der Waals surface area contributed by atoms with Gasteiger partial charge in [-0.05, 0) is 12.3 Å². The molecule has 1 unspecified atom stereocenters. The van der Waals surface area contributed by atoms with E-state index in [4.69, 9.17) is 5.11 Å². The summed E-state index contributed by atoms with van der Waals surface area (Å²) in [5.74, 6) is 1.91. The van der Waals surface area contributed by atoms with Crippen molar-refractivity contribution in [3.8, 4) is 0 Å². The predicted octanol–water partition coefficient (Wildman–Crippen LogP) is 1.34. The summed E-state index contributed by atoms with van der Waals surface area (Å²) in [5.41, 5.74) is 0.